The normalized spacial score (nSPS) is 20.1. The number of hydrogen-bond donors (Lipinski definition) is 3. The molecule has 1 aliphatic heterocycles. The lowest BCUT2D eigenvalue weighted by Crippen LogP contribution is -2.44. The molecule has 2 atom stereocenters. The first-order valence-corrected chi connectivity index (χ1v) is 7.63. The molecule has 2 rings (SSSR count). The summed E-state index contributed by atoms with van der Waals surface area (Å²) in [6, 6.07) is 6.15. The molecule has 24 heavy (non-hydrogen) atoms. The molecule has 1 aromatic carbocycles. The van der Waals surface area contributed by atoms with Crippen molar-refractivity contribution >= 4 is 23.5 Å². The van der Waals surface area contributed by atoms with Gasteiger partial charge in [-0.05, 0) is 39.0 Å². The zero-order chi connectivity index (χ0) is 17.7. The Morgan fingerprint density at radius 3 is 2.54 bits per heavy atom. The number of carbonyl (C=O) groups is 2. The van der Waals surface area contributed by atoms with Gasteiger partial charge in [0.1, 0.15) is 6.10 Å². The maximum Gasteiger partial charge on any atom is 0.411 e. The summed E-state index contributed by atoms with van der Waals surface area (Å²) in [5, 5.41) is 8.05. The van der Waals surface area contributed by atoms with Crippen molar-refractivity contribution in [3.63, 3.8) is 0 Å². The first kappa shape index (κ1) is 18.0. The quantitative estimate of drug-likeness (QED) is 0.784. The molecule has 3 N–H and O–H groups in total. The predicted molar refractivity (Wildman–Crippen MR) is 89.0 cm³/mol. The van der Waals surface area contributed by atoms with Crippen LogP contribution in [0.4, 0.5) is 21.0 Å². The van der Waals surface area contributed by atoms with Crippen molar-refractivity contribution in [3.8, 4) is 0 Å². The van der Waals surface area contributed by atoms with Gasteiger partial charge in [-0.3, -0.25) is 5.32 Å². The summed E-state index contributed by atoms with van der Waals surface area (Å²) >= 11 is 0. The zero-order valence-corrected chi connectivity index (χ0v) is 14.2. The van der Waals surface area contributed by atoms with Crippen LogP contribution in [0.3, 0.4) is 0 Å². The van der Waals surface area contributed by atoms with Crippen LogP contribution in [0.25, 0.3) is 0 Å². The van der Waals surface area contributed by atoms with Gasteiger partial charge in [0.05, 0.1) is 19.8 Å². The van der Waals surface area contributed by atoms with E-state index in [4.69, 9.17) is 9.47 Å². The van der Waals surface area contributed by atoms with Crippen LogP contribution in [-0.2, 0) is 14.2 Å². The fourth-order valence-electron chi connectivity index (χ4n) is 2.27. The molecule has 1 fully saturated rings. The molecule has 8 nitrogen and oxygen atoms in total. The molecule has 1 saturated heterocycles. The van der Waals surface area contributed by atoms with Crippen LogP contribution < -0.4 is 16.0 Å². The maximum absolute atomic E-state index is 12.1. The monoisotopic (exact) mass is 337 g/mol. The van der Waals surface area contributed by atoms with Crippen LogP contribution in [0.1, 0.15) is 20.8 Å². The average Bonchev–Trinajstić information content (AvgIpc) is 2.87. The average molecular weight is 337 g/mol. The summed E-state index contributed by atoms with van der Waals surface area (Å²) in [7, 11) is 1.28. The van der Waals surface area contributed by atoms with Crippen molar-refractivity contribution in [1.29, 1.82) is 0 Å². The van der Waals surface area contributed by atoms with Crippen LogP contribution in [0.15, 0.2) is 24.3 Å². The molecule has 3 amide bonds. The van der Waals surface area contributed by atoms with Gasteiger partial charge in [0.15, 0.2) is 5.79 Å². The number of rotatable bonds is 4. The van der Waals surface area contributed by atoms with Crippen LogP contribution in [0.2, 0.25) is 0 Å². The smallest absolute Gasteiger partial charge is 0.411 e. The van der Waals surface area contributed by atoms with Gasteiger partial charge in [-0.1, -0.05) is 6.07 Å². The molecular weight excluding hydrogens is 314 g/mol. The van der Waals surface area contributed by atoms with Crippen LogP contribution in [-0.4, -0.2) is 43.8 Å². The fraction of sp³-hybridized carbons (Fsp3) is 0.500. The molecule has 0 bridgehead atoms. The third kappa shape index (κ3) is 5.10. The third-order valence-corrected chi connectivity index (χ3v) is 3.50. The molecule has 0 saturated carbocycles. The standard InChI is InChI=1S/C16H23N3O5/c1-10(13-9-23-16(2,3)24-13)17-14(20)18-11-6-5-7-12(8-11)19-15(21)22-4/h5-8,10,13H,9H2,1-4H3,(H,19,21)(H2,17,18,20)/t10-,13+/m0/s1. The van der Waals surface area contributed by atoms with Gasteiger partial charge in [-0.15, -0.1) is 0 Å². The van der Waals surface area contributed by atoms with Crippen molar-refractivity contribution in [3.05, 3.63) is 24.3 Å². The molecule has 8 heteroatoms. The van der Waals surface area contributed by atoms with E-state index in [1.165, 1.54) is 7.11 Å². The Kier molecular flexibility index (Phi) is 5.63. The van der Waals surface area contributed by atoms with Gasteiger partial charge in [0.2, 0.25) is 0 Å². The molecule has 132 valence electrons. The SMILES string of the molecule is COC(=O)Nc1cccc(NC(=O)N[C@@H](C)[C@H]2COC(C)(C)O2)c1. The topological polar surface area (TPSA) is 97.9 Å². The number of nitrogens with one attached hydrogen (secondary N) is 3. The van der Waals surface area contributed by atoms with Gasteiger partial charge in [0.25, 0.3) is 0 Å². The number of carbonyl (C=O) groups excluding carboxylic acids is 2. The highest BCUT2D eigenvalue weighted by Crippen LogP contribution is 2.24. The Balaban J connectivity index is 1.88. The second-order valence-electron chi connectivity index (χ2n) is 5.95. The van der Waals surface area contributed by atoms with Gasteiger partial charge in [-0.25, -0.2) is 9.59 Å². The number of urea groups is 1. The number of anilines is 2. The van der Waals surface area contributed by atoms with E-state index in [1.807, 2.05) is 20.8 Å². The molecule has 1 aromatic rings. The molecule has 0 unspecified atom stereocenters. The van der Waals surface area contributed by atoms with Crippen molar-refractivity contribution in [2.75, 3.05) is 24.4 Å². The second-order valence-corrected chi connectivity index (χ2v) is 5.95. The number of benzene rings is 1. The van der Waals surface area contributed by atoms with E-state index in [-0.39, 0.29) is 18.2 Å². The lowest BCUT2D eigenvalue weighted by Gasteiger charge is -2.22. The molecule has 1 aliphatic rings. The number of amides is 3. The molecule has 0 aromatic heterocycles. The minimum atomic E-state index is -0.634. The molecule has 1 heterocycles. The van der Waals surface area contributed by atoms with E-state index in [2.05, 4.69) is 20.7 Å². The highest BCUT2D eigenvalue weighted by atomic mass is 16.7. The Hall–Kier alpha value is -2.32. The van der Waals surface area contributed by atoms with E-state index < -0.39 is 11.9 Å². The Morgan fingerprint density at radius 1 is 1.29 bits per heavy atom. The zero-order valence-electron chi connectivity index (χ0n) is 14.2. The largest absolute Gasteiger partial charge is 0.453 e. The molecular formula is C16H23N3O5. The van der Waals surface area contributed by atoms with Crippen LogP contribution in [0.5, 0.6) is 0 Å². The Morgan fingerprint density at radius 2 is 1.96 bits per heavy atom. The van der Waals surface area contributed by atoms with Gasteiger partial charge >= 0.3 is 12.1 Å². The van der Waals surface area contributed by atoms with E-state index >= 15 is 0 Å². The molecule has 0 spiro atoms. The van der Waals surface area contributed by atoms with E-state index in [1.54, 1.807) is 24.3 Å². The van der Waals surface area contributed by atoms with Gasteiger partial charge in [-0.2, -0.15) is 0 Å². The number of ether oxygens (including phenoxy) is 3. The lowest BCUT2D eigenvalue weighted by molar-refractivity contribution is -0.140. The van der Waals surface area contributed by atoms with E-state index in [0.29, 0.717) is 18.0 Å². The summed E-state index contributed by atoms with van der Waals surface area (Å²) in [5.41, 5.74) is 1.06. The summed E-state index contributed by atoms with van der Waals surface area (Å²) in [4.78, 5) is 23.3. The first-order valence-electron chi connectivity index (χ1n) is 7.63. The summed E-state index contributed by atoms with van der Waals surface area (Å²) in [5.74, 6) is -0.634. The number of methoxy groups -OCH3 is 1. The fourth-order valence-corrected chi connectivity index (χ4v) is 2.27. The highest BCUT2D eigenvalue weighted by molar-refractivity contribution is 5.91. The summed E-state index contributed by atoms with van der Waals surface area (Å²) in [6.07, 6.45) is -0.788. The van der Waals surface area contributed by atoms with Crippen molar-refractivity contribution in [2.24, 2.45) is 0 Å². The van der Waals surface area contributed by atoms with Crippen molar-refractivity contribution < 1.29 is 23.8 Å². The Bertz CT molecular complexity index is 605. The highest BCUT2D eigenvalue weighted by Gasteiger charge is 2.36. The van der Waals surface area contributed by atoms with Crippen molar-refractivity contribution in [1.82, 2.24) is 5.32 Å². The number of hydrogen-bond acceptors (Lipinski definition) is 5. The maximum atomic E-state index is 12.1. The van der Waals surface area contributed by atoms with Gasteiger partial charge in [0, 0.05) is 11.4 Å². The summed E-state index contributed by atoms with van der Waals surface area (Å²) in [6.45, 7) is 5.94. The first-order chi connectivity index (χ1) is 11.3. The second kappa shape index (κ2) is 7.50. The Labute approximate surface area is 140 Å². The van der Waals surface area contributed by atoms with Gasteiger partial charge < -0.3 is 24.8 Å². The molecule has 0 aliphatic carbocycles. The minimum Gasteiger partial charge on any atom is -0.453 e. The van der Waals surface area contributed by atoms with E-state index in [9.17, 15) is 9.59 Å². The van der Waals surface area contributed by atoms with E-state index in [0.717, 1.165) is 0 Å². The van der Waals surface area contributed by atoms with Crippen LogP contribution in [0, 0.1) is 0 Å². The molecule has 0 radical (unpaired) electrons. The predicted octanol–water partition coefficient (Wildman–Crippen LogP) is 2.53. The van der Waals surface area contributed by atoms with Crippen LogP contribution >= 0.6 is 0 Å². The lowest BCUT2D eigenvalue weighted by atomic mass is 10.2. The van der Waals surface area contributed by atoms with Crippen molar-refractivity contribution in [2.45, 2.75) is 38.7 Å². The minimum absolute atomic E-state index is 0.210. The summed E-state index contributed by atoms with van der Waals surface area (Å²) < 4.78 is 15.7. The third-order valence-electron chi connectivity index (χ3n) is 3.50.